The lowest BCUT2D eigenvalue weighted by Gasteiger charge is -2.28. The number of benzene rings is 1. The Labute approximate surface area is 169 Å². The van der Waals surface area contributed by atoms with Gasteiger partial charge in [-0.3, -0.25) is 14.7 Å². The van der Waals surface area contributed by atoms with Crippen LogP contribution < -0.4 is 15.0 Å². The highest BCUT2D eigenvalue weighted by molar-refractivity contribution is 5.53. The molecular weight excluding hydrogens is 368 g/mol. The Balaban J connectivity index is 1.61. The maximum atomic E-state index is 12.6. The number of pyridine rings is 1. The van der Waals surface area contributed by atoms with Crippen molar-refractivity contribution < 1.29 is 9.47 Å². The van der Waals surface area contributed by atoms with Crippen LogP contribution in [0.2, 0.25) is 0 Å². The number of aromatic amines is 1. The molecule has 3 aromatic rings. The van der Waals surface area contributed by atoms with E-state index in [0.29, 0.717) is 31.9 Å². The zero-order valence-electron chi connectivity index (χ0n) is 16.6. The standard InChI is InChI=1S/C22H24N4O3/c1-3-29-20-16(6-4-8-19(20)28-2)13-26-11-9-17-18(14-26)24-21(25-22(17)27)15-7-5-10-23-12-15/h4-8,10,12H,3,9,11,13-14H2,1-2H3,(H,24,25,27). The van der Waals surface area contributed by atoms with Gasteiger partial charge >= 0.3 is 0 Å². The molecule has 4 rings (SSSR count). The van der Waals surface area contributed by atoms with Gasteiger partial charge in [0.25, 0.3) is 5.56 Å². The molecule has 150 valence electrons. The predicted molar refractivity (Wildman–Crippen MR) is 110 cm³/mol. The van der Waals surface area contributed by atoms with E-state index >= 15 is 0 Å². The highest BCUT2D eigenvalue weighted by Gasteiger charge is 2.23. The van der Waals surface area contributed by atoms with E-state index in [1.165, 1.54) is 0 Å². The van der Waals surface area contributed by atoms with Crippen molar-refractivity contribution in [2.45, 2.75) is 26.4 Å². The first-order chi connectivity index (χ1) is 14.2. The lowest BCUT2D eigenvalue weighted by Crippen LogP contribution is -2.35. The number of ether oxygens (including phenoxy) is 2. The second kappa shape index (κ2) is 8.45. The number of hydrogen-bond donors (Lipinski definition) is 1. The molecular formula is C22H24N4O3. The van der Waals surface area contributed by atoms with Gasteiger partial charge in [-0.2, -0.15) is 0 Å². The molecule has 0 radical (unpaired) electrons. The lowest BCUT2D eigenvalue weighted by molar-refractivity contribution is 0.232. The average molecular weight is 392 g/mol. The van der Waals surface area contributed by atoms with Crippen LogP contribution in [0.3, 0.4) is 0 Å². The normalized spacial score (nSPS) is 13.7. The molecule has 0 saturated carbocycles. The molecule has 0 amide bonds. The molecule has 7 heteroatoms. The molecule has 1 aliphatic rings. The van der Waals surface area contributed by atoms with Crippen molar-refractivity contribution in [2.75, 3.05) is 20.3 Å². The van der Waals surface area contributed by atoms with Crippen molar-refractivity contribution in [3.63, 3.8) is 0 Å². The zero-order chi connectivity index (χ0) is 20.2. The largest absolute Gasteiger partial charge is 0.493 e. The number of fused-ring (bicyclic) bond motifs is 1. The first-order valence-electron chi connectivity index (χ1n) is 9.73. The van der Waals surface area contributed by atoms with Gasteiger partial charge in [0.2, 0.25) is 0 Å². The monoisotopic (exact) mass is 392 g/mol. The van der Waals surface area contributed by atoms with Gasteiger partial charge in [-0.05, 0) is 31.5 Å². The molecule has 1 N–H and O–H groups in total. The number of H-pyrrole nitrogens is 1. The van der Waals surface area contributed by atoms with Gasteiger partial charge in [-0.15, -0.1) is 0 Å². The van der Waals surface area contributed by atoms with Crippen molar-refractivity contribution in [1.82, 2.24) is 19.9 Å². The Morgan fingerprint density at radius 3 is 2.90 bits per heavy atom. The van der Waals surface area contributed by atoms with Crippen molar-refractivity contribution in [1.29, 1.82) is 0 Å². The average Bonchev–Trinajstić information content (AvgIpc) is 2.75. The van der Waals surface area contributed by atoms with Gasteiger partial charge in [0, 0.05) is 48.7 Å². The van der Waals surface area contributed by atoms with Gasteiger partial charge in [0.15, 0.2) is 11.5 Å². The predicted octanol–water partition coefficient (Wildman–Crippen LogP) is 2.80. The number of hydrogen-bond acceptors (Lipinski definition) is 6. The summed E-state index contributed by atoms with van der Waals surface area (Å²) in [5.74, 6) is 2.06. The fourth-order valence-electron chi connectivity index (χ4n) is 3.66. The minimum absolute atomic E-state index is 0.0649. The van der Waals surface area contributed by atoms with Crippen molar-refractivity contribution in [2.24, 2.45) is 0 Å². The van der Waals surface area contributed by atoms with E-state index in [4.69, 9.17) is 14.5 Å². The maximum Gasteiger partial charge on any atom is 0.254 e. The van der Waals surface area contributed by atoms with Crippen molar-refractivity contribution in [3.05, 3.63) is 69.9 Å². The number of para-hydroxylation sites is 1. The first kappa shape index (κ1) is 19.1. The van der Waals surface area contributed by atoms with Crippen LogP contribution in [0.4, 0.5) is 0 Å². The molecule has 7 nitrogen and oxygen atoms in total. The van der Waals surface area contributed by atoms with Crippen LogP contribution in [0.25, 0.3) is 11.4 Å². The third-order valence-corrected chi connectivity index (χ3v) is 5.05. The lowest BCUT2D eigenvalue weighted by atomic mass is 10.0. The summed E-state index contributed by atoms with van der Waals surface area (Å²) in [6, 6.07) is 9.65. The molecule has 0 aliphatic carbocycles. The number of aromatic nitrogens is 3. The van der Waals surface area contributed by atoms with E-state index in [9.17, 15) is 4.79 Å². The minimum Gasteiger partial charge on any atom is -0.493 e. The van der Waals surface area contributed by atoms with E-state index in [1.807, 2.05) is 31.2 Å². The van der Waals surface area contributed by atoms with Crippen LogP contribution in [0, 0.1) is 0 Å². The zero-order valence-corrected chi connectivity index (χ0v) is 16.6. The molecule has 0 fully saturated rings. The number of nitrogens with one attached hydrogen (secondary N) is 1. The van der Waals surface area contributed by atoms with Crippen LogP contribution in [-0.2, 0) is 19.5 Å². The highest BCUT2D eigenvalue weighted by atomic mass is 16.5. The van der Waals surface area contributed by atoms with Gasteiger partial charge in [0.05, 0.1) is 19.4 Å². The van der Waals surface area contributed by atoms with Crippen molar-refractivity contribution in [3.8, 4) is 22.9 Å². The van der Waals surface area contributed by atoms with E-state index in [0.717, 1.165) is 40.4 Å². The Hall–Kier alpha value is -3.19. The Bertz CT molecular complexity index is 1050. The van der Waals surface area contributed by atoms with Crippen LogP contribution in [0.5, 0.6) is 11.5 Å². The topological polar surface area (TPSA) is 80.3 Å². The number of rotatable bonds is 6. The summed E-state index contributed by atoms with van der Waals surface area (Å²) in [4.78, 5) is 26.6. The molecule has 3 heterocycles. The van der Waals surface area contributed by atoms with E-state index in [-0.39, 0.29) is 5.56 Å². The SMILES string of the molecule is CCOc1c(CN2CCc3c(nc(-c4cccnc4)[nH]c3=O)C2)cccc1OC. The molecule has 29 heavy (non-hydrogen) atoms. The molecule has 0 unspecified atom stereocenters. The van der Waals surface area contributed by atoms with Gasteiger partial charge < -0.3 is 14.5 Å². The van der Waals surface area contributed by atoms with Crippen LogP contribution in [-0.4, -0.2) is 40.1 Å². The van der Waals surface area contributed by atoms with E-state index in [2.05, 4.69) is 20.9 Å². The second-order valence-electron chi connectivity index (χ2n) is 6.92. The number of methoxy groups -OCH3 is 1. The summed E-state index contributed by atoms with van der Waals surface area (Å²) in [7, 11) is 1.65. The van der Waals surface area contributed by atoms with Gasteiger partial charge in [-0.1, -0.05) is 12.1 Å². The van der Waals surface area contributed by atoms with Crippen LogP contribution in [0.1, 0.15) is 23.7 Å². The Kier molecular flexibility index (Phi) is 5.57. The van der Waals surface area contributed by atoms with Crippen molar-refractivity contribution >= 4 is 0 Å². The number of nitrogens with zero attached hydrogens (tertiary/aromatic N) is 3. The summed E-state index contributed by atoms with van der Waals surface area (Å²) in [5, 5.41) is 0. The third kappa shape index (κ3) is 4.00. The van der Waals surface area contributed by atoms with Crippen LogP contribution in [0.15, 0.2) is 47.5 Å². The Morgan fingerprint density at radius 2 is 2.14 bits per heavy atom. The molecule has 0 bridgehead atoms. The van der Waals surface area contributed by atoms with Gasteiger partial charge in [-0.25, -0.2) is 4.98 Å². The Morgan fingerprint density at radius 1 is 1.24 bits per heavy atom. The summed E-state index contributed by atoms with van der Waals surface area (Å²) in [5.41, 5.74) is 3.39. The molecule has 0 saturated heterocycles. The molecule has 2 aromatic heterocycles. The molecule has 0 spiro atoms. The fourth-order valence-corrected chi connectivity index (χ4v) is 3.66. The van der Waals surface area contributed by atoms with E-state index < -0.39 is 0 Å². The maximum absolute atomic E-state index is 12.6. The second-order valence-corrected chi connectivity index (χ2v) is 6.92. The molecule has 0 atom stereocenters. The quantitative estimate of drug-likeness (QED) is 0.695. The fraction of sp³-hybridized carbons (Fsp3) is 0.318. The summed E-state index contributed by atoms with van der Waals surface area (Å²) < 4.78 is 11.3. The minimum atomic E-state index is -0.0649. The summed E-state index contributed by atoms with van der Waals surface area (Å²) in [6.45, 7) is 4.62. The smallest absolute Gasteiger partial charge is 0.254 e. The summed E-state index contributed by atoms with van der Waals surface area (Å²) in [6.07, 6.45) is 4.07. The first-order valence-corrected chi connectivity index (χ1v) is 9.73. The summed E-state index contributed by atoms with van der Waals surface area (Å²) >= 11 is 0. The highest BCUT2D eigenvalue weighted by Crippen LogP contribution is 2.32. The van der Waals surface area contributed by atoms with E-state index in [1.54, 1.807) is 19.5 Å². The third-order valence-electron chi connectivity index (χ3n) is 5.05. The molecule has 1 aromatic carbocycles. The van der Waals surface area contributed by atoms with Crippen LogP contribution >= 0.6 is 0 Å². The van der Waals surface area contributed by atoms with Gasteiger partial charge in [0.1, 0.15) is 5.82 Å². The molecule has 1 aliphatic heterocycles.